The molecule has 8 heteroatoms. The second kappa shape index (κ2) is 8.36. The van der Waals surface area contributed by atoms with Crippen LogP contribution in [-0.2, 0) is 23.5 Å². The normalized spacial score (nSPS) is 10.8. The van der Waals surface area contributed by atoms with Gasteiger partial charge >= 0.3 is 4.77 Å². The van der Waals surface area contributed by atoms with Gasteiger partial charge in [0.15, 0.2) is 0 Å². The molecule has 1 aromatic rings. The summed E-state index contributed by atoms with van der Waals surface area (Å²) in [6.45, 7) is 8.50. The van der Waals surface area contributed by atoms with Crippen LogP contribution in [0, 0.1) is 11.7 Å². The van der Waals surface area contributed by atoms with E-state index in [1.54, 1.807) is 0 Å². The van der Waals surface area contributed by atoms with Gasteiger partial charge in [-0.15, -0.1) is 0 Å². The minimum atomic E-state index is -4.92. The first-order valence-corrected chi connectivity index (χ1v) is 7.76. The van der Waals surface area contributed by atoms with Gasteiger partial charge in [-0.2, -0.15) is 0 Å². The van der Waals surface area contributed by atoms with Crippen LogP contribution in [0.15, 0.2) is 12.3 Å². The molecule has 0 saturated carbocycles. The highest BCUT2D eigenvalue weighted by Crippen LogP contribution is 1.96. The van der Waals surface area contributed by atoms with Crippen molar-refractivity contribution < 1.29 is 22.1 Å². The predicted molar refractivity (Wildman–Crippen MR) is 73.1 cm³/mol. The van der Waals surface area contributed by atoms with E-state index in [0.717, 1.165) is 30.7 Å². The maximum Gasteiger partial charge on any atom is 0.350 e. The SMILES string of the molecule is CCCn1ccc(C)[n+](CCC)c1=S.O=S(=O)([O-])O. The quantitative estimate of drug-likeness (QED) is 0.395. The molecule has 0 fully saturated rings. The second-order valence-corrected chi connectivity index (χ2v) is 5.23. The standard InChI is InChI=1S/C11H19N2S.H2O4S/c1-4-7-12-9-6-10(3)13(8-5-2)11(12)14;1-5(2,3)4/h6,9H,4-5,7-8H2,1-3H3;(H2,1,2,3,4)/q+1;/p-1. The number of hydrogen-bond donors (Lipinski definition) is 1. The Balaban J connectivity index is 0.000000555. The highest BCUT2D eigenvalue weighted by Gasteiger charge is 2.08. The number of aromatic nitrogens is 2. The van der Waals surface area contributed by atoms with Crippen molar-refractivity contribution in [2.45, 2.75) is 46.7 Å². The summed E-state index contributed by atoms with van der Waals surface area (Å²) < 4.78 is 38.1. The van der Waals surface area contributed by atoms with Gasteiger partial charge in [0.2, 0.25) is 10.4 Å². The van der Waals surface area contributed by atoms with E-state index in [-0.39, 0.29) is 0 Å². The lowest BCUT2D eigenvalue weighted by molar-refractivity contribution is -0.713. The van der Waals surface area contributed by atoms with E-state index >= 15 is 0 Å². The molecule has 1 rings (SSSR count). The van der Waals surface area contributed by atoms with Gasteiger partial charge in [0.05, 0.1) is 19.3 Å². The minimum Gasteiger partial charge on any atom is -0.726 e. The number of nitrogens with zero attached hydrogens (tertiary/aromatic N) is 2. The van der Waals surface area contributed by atoms with Crippen LogP contribution in [-0.4, -0.2) is 22.1 Å². The lowest BCUT2D eigenvalue weighted by Gasteiger charge is -2.05. The van der Waals surface area contributed by atoms with Crippen molar-refractivity contribution in [3.8, 4) is 0 Å². The van der Waals surface area contributed by atoms with Crippen LogP contribution in [0.2, 0.25) is 0 Å². The zero-order valence-corrected chi connectivity index (χ0v) is 13.0. The molecule has 1 heterocycles. The molecular formula is C11H20N2O4S2. The summed E-state index contributed by atoms with van der Waals surface area (Å²) in [6.07, 6.45) is 4.35. The Kier molecular flexibility index (Phi) is 8.00. The molecule has 0 aliphatic carbocycles. The Hall–Kier alpha value is -0.830. The summed E-state index contributed by atoms with van der Waals surface area (Å²) in [6, 6.07) is 2.14. The monoisotopic (exact) mass is 308 g/mol. The molecule has 0 amide bonds. The summed E-state index contributed by atoms with van der Waals surface area (Å²) in [7, 11) is -4.92. The molecule has 1 N–H and O–H groups in total. The van der Waals surface area contributed by atoms with Crippen LogP contribution in [0.1, 0.15) is 32.4 Å². The van der Waals surface area contributed by atoms with E-state index in [9.17, 15) is 0 Å². The average molecular weight is 308 g/mol. The van der Waals surface area contributed by atoms with Crippen LogP contribution < -0.4 is 4.57 Å². The number of rotatable bonds is 4. The Morgan fingerprint density at radius 1 is 1.42 bits per heavy atom. The molecule has 0 aromatic carbocycles. The lowest BCUT2D eigenvalue weighted by Crippen LogP contribution is -2.40. The van der Waals surface area contributed by atoms with Crippen LogP contribution >= 0.6 is 12.2 Å². The van der Waals surface area contributed by atoms with E-state index in [0.29, 0.717) is 0 Å². The zero-order valence-electron chi connectivity index (χ0n) is 11.4. The largest absolute Gasteiger partial charge is 0.726 e. The fraction of sp³-hybridized carbons (Fsp3) is 0.636. The maximum absolute atomic E-state index is 8.63. The van der Waals surface area contributed by atoms with Gasteiger partial charge in [-0.3, -0.25) is 4.55 Å². The van der Waals surface area contributed by atoms with E-state index in [1.807, 2.05) is 0 Å². The van der Waals surface area contributed by atoms with Crippen LogP contribution in [0.3, 0.4) is 0 Å². The third-order valence-electron chi connectivity index (χ3n) is 2.31. The van der Waals surface area contributed by atoms with Crippen molar-refractivity contribution in [1.29, 1.82) is 0 Å². The fourth-order valence-electron chi connectivity index (χ4n) is 1.56. The lowest BCUT2D eigenvalue weighted by atomic mass is 10.4. The van der Waals surface area contributed by atoms with Crippen molar-refractivity contribution in [2.24, 2.45) is 0 Å². The molecular weight excluding hydrogens is 288 g/mol. The van der Waals surface area contributed by atoms with Gasteiger partial charge in [0.1, 0.15) is 5.69 Å². The van der Waals surface area contributed by atoms with Crippen molar-refractivity contribution >= 4 is 22.6 Å². The van der Waals surface area contributed by atoms with Gasteiger partial charge in [-0.05, 0) is 19.8 Å². The smallest absolute Gasteiger partial charge is 0.350 e. The zero-order chi connectivity index (χ0) is 15.1. The Morgan fingerprint density at radius 3 is 2.37 bits per heavy atom. The summed E-state index contributed by atoms with van der Waals surface area (Å²) in [5.41, 5.74) is 1.25. The Bertz CT molecular complexity index is 544. The van der Waals surface area contributed by atoms with E-state index in [1.165, 1.54) is 5.69 Å². The van der Waals surface area contributed by atoms with E-state index in [2.05, 4.69) is 42.2 Å². The minimum absolute atomic E-state index is 0.953. The molecule has 0 aliphatic heterocycles. The molecule has 110 valence electrons. The first-order chi connectivity index (χ1) is 8.70. The highest BCUT2D eigenvalue weighted by atomic mass is 32.3. The molecule has 19 heavy (non-hydrogen) atoms. The average Bonchev–Trinajstić information content (AvgIpc) is 2.26. The van der Waals surface area contributed by atoms with Gasteiger partial charge < -0.3 is 4.55 Å². The van der Waals surface area contributed by atoms with Crippen molar-refractivity contribution in [3.05, 3.63) is 22.7 Å². The van der Waals surface area contributed by atoms with E-state index < -0.39 is 10.4 Å². The van der Waals surface area contributed by atoms with E-state index in [4.69, 9.17) is 29.7 Å². The summed E-state index contributed by atoms with van der Waals surface area (Å²) >= 11 is 5.44. The number of hydrogen-bond acceptors (Lipinski definition) is 4. The van der Waals surface area contributed by atoms with Crippen molar-refractivity contribution in [2.75, 3.05) is 0 Å². The van der Waals surface area contributed by atoms with Crippen molar-refractivity contribution in [3.63, 3.8) is 0 Å². The molecule has 0 aliphatic rings. The Morgan fingerprint density at radius 2 is 1.95 bits per heavy atom. The third kappa shape index (κ3) is 8.04. The number of aryl methyl sites for hydroxylation is 2. The van der Waals surface area contributed by atoms with Gasteiger partial charge in [-0.1, -0.05) is 13.8 Å². The predicted octanol–water partition coefficient (Wildman–Crippen LogP) is 1.64. The molecule has 1 aromatic heterocycles. The molecule has 0 bridgehead atoms. The van der Waals surface area contributed by atoms with Gasteiger partial charge in [0.25, 0.3) is 0 Å². The molecule has 0 saturated heterocycles. The maximum atomic E-state index is 8.63. The molecule has 0 spiro atoms. The van der Waals surface area contributed by atoms with Gasteiger partial charge in [-0.25, -0.2) is 17.6 Å². The first kappa shape index (κ1) is 18.2. The molecule has 0 atom stereocenters. The highest BCUT2D eigenvalue weighted by molar-refractivity contribution is 7.79. The molecule has 6 nitrogen and oxygen atoms in total. The Labute approximate surface area is 119 Å². The van der Waals surface area contributed by atoms with Crippen LogP contribution in [0.5, 0.6) is 0 Å². The van der Waals surface area contributed by atoms with Gasteiger partial charge in [0, 0.05) is 18.3 Å². The molecule has 0 unspecified atom stereocenters. The topological polar surface area (TPSA) is 86.2 Å². The summed E-state index contributed by atoms with van der Waals surface area (Å²) in [5, 5.41) is 0. The van der Waals surface area contributed by atoms with Crippen molar-refractivity contribution in [1.82, 2.24) is 4.57 Å². The second-order valence-electron chi connectivity index (χ2n) is 4.01. The fourth-order valence-corrected chi connectivity index (χ4v) is 1.95. The van der Waals surface area contributed by atoms with Crippen LogP contribution in [0.25, 0.3) is 0 Å². The van der Waals surface area contributed by atoms with Crippen LogP contribution in [0.4, 0.5) is 0 Å². The third-order valence-corrected chi connectivity index (χ3v) is 2.76. The summed E-state index contributed by atoms with van der Waals surface area (Å²) in [5.74, 6) is 0. The first-order valence-electron chi connectivity index (χ1n) is 5.98. The summed E-state index contributed by atoms with van der Waals surface area (Å²) in [4.78, 5) is 0. The molecule has 0 radical (unpaired) electrons.